The highest BCUT2D eigenvalue weighted by Gasteiger charge is 2.46. The summed E-state index contributed by atoms with van der Waals surface area (Å²) < 4.78 is 9.69. The normalized spacial score (nSPS) is 14.5. The fourth-order valence-corrected chi connectivity index (χ4v) is 3.93. The molecule has 0 aliphatic heterocycles. The molecule has 0 aromatic carbocycles. The molecule has 0 radical (unpaired) electrons. The Morgan fingerprint density at radius 2 is 1.19 bits per heavy atom. The van der Waals surface area contributed by atoms with E-state index in [4.69, 9.17) is 19.2 Å². The van der Waals surface area contributed by atoms with Crippen molar-refractivity contribution in [2.75, 3.05) is 35.0 Å². The molecule has 0 spiro atoms. The van der Waals surface area contributed by atoms with Gasteiger partial charge in [0.25, 0.3) is 0 Å². The summed E-state index contributed by atoms with van der Waals surface area (Å²) in [5.41, 5.74) is -1.63. The van der Waals surface area contributed by atoms with Crippen molar-refractivity contribution in [3.63, 3.8) is 0 Å². The fourth-order valence-electron chi connectivity index (χ4n) is 3.93. The Labute approximate surface area is 196 Å². The van der Waals surface area contributed by atoms with E-state index in [2.05, 4.69) is 32.6 Å². The molecule has 0 saturated heterocycles. The van der Waals surface area contributed by atoms with Gasteiger partial charge in [-0.25, -0.2) is 9.78 Å². The summed E-state index contributed by atoms with van der Waals surface area (Å²) in [6.07, 6.45) is 1.95. The quantitative estimate of drug-likeness (QED) is 0.244. The van der Waals surface area contributed by atoms with Crippen LogP contribution in [-0.2, 0) is 28.8 Å². The number of esters is 2. The van der Waals surface area contributed by atoms with Crippen LogP contribution in [0.25, 0.3) is 0 Å². The smallest absolute Gasteiger partial charge is 0.325 e. The van der Waals surface area contributed by atoms with E-state index < -0.39 is 11.1 Å². The van der Waals surface area contributed by atoms with Crippen LogP contribution < -0.4 is 0 Å². The molecular weight excluding hydrogens is 412 g/mol. The van der Waals surface area contributed by atoms with Gasteiger partial charge in [0.2, 0.25) is 0 Å². The van der Waals surface area contributed by atoms with E-state index in [1.807, 2.05) is 53.5 Å². The maximum atomic E-state index is 12.1. The van der Waals surface area contributed by atoms with Crippen LogP contribution in [0.1, 0.15) is 82.1 Å². The molecule has 0 aromatic rings. The van der Waals surface area contributed by atoms with Gasteiger partial charge in [0, 0.05) is 17.6 Å². The summed E-state index contributed by atoms with van der Waals surface area (Å²) in [7, 11) is 6.27. The van der Waals surface area contributed by atoms with Gasteiger partial charge in [-0.05, 0) is 75.3 Å². The second-order valence-corrected chi connectivity index (χ2v) is 9.84. The van der Waals surface area contributed by atoms with Crippen molar-refractivity contribution >= 4 is 11.9 Å². The van der Waals surface area contributed by atoms with E-state index in [0.29, 0.717) is 12.6 Å². The molecule has 0 bridgehead atoms. The molecular formula is C24H50N2O6. The highest BCUT2D eigenvalue weighted by Crippen LogP contribution is 2.30. The average molecular weight is 463 g/mol. The lowest BCUT2D eigenvalue weighted by atomic mass is 9.90. The van der Waals surface area contributed by atoms with E-state index >= 15 is 0 Å². The van der Waals surface area contributed by atoms with Gasteiger partial charge < -0.3 is 9.47 Å². The Bertz CT molecular complexity index is 563. The largest absolute Gasteiger partial charge is 0.468 e. The minimum absolute atomic E-state index is 0.185. The second-order valence-electron chi connectivity index (χ2n) is 9.84. The van der Waals surface area contributed by atoms with Crippen molar-refractivity contribution in [2.24, 2.45) is 0 Å². The molecule has 192 valence electrons. The number of carbonyl (C=O) groups is 2. The van der Waals surface area contributed by atoms with Crippen LogP contribution in [-0.4, -0.2) is 85.4 Å². The third-order valence-electron chi connectivity index (χ3n) is 6.32. The monoisotopic (exact) mass is 462 g/mol. The molecule has 0 aliphatic rings. The zero-order valence-electron chi connectivity index (χ0n) is 23.1. The second kappa shape index (κ2) is 14.1. The van der Waals surface area contributed by atoms with E-state index in [-0.39, 0.29) is 23.5 Å². The van der Waals surface area contributed by atoms with Gasteiger partial charge in [-0.15, -0.1) is 0 Å². The third-order valence-corrected chi connectivity index (χ3v) is 6.32. The molecule has 0 rings (SSSR count). The van der Waals surface area contributed by atoms with Crippen LogP contribution in [0.4, 0.5) is 0 Å². The van der Waals surface area contributed by atoms with Gasteiger partial charge in [0.15, 0.2) is 0 Å². The molecule has 0 amide bonds. The first kappa shape index (κ1) is 33.0. The SMILES string of the molecule is CCC(C)N(C(C)(C)COOC)C(C)(C)C(=O)OC.CCC(C)N(C)C(C)(C)C(=O)OC. The van der Waals surface area contributed by atoms with Crippen molar-refractivity contribution in [3.05, 3.63) is 0 Å². The number of hydrogen-bond donors (Lipinski definition) is 0. The lowest BCUT2D eigenvalue weighted by molar-refractivity contribution is -0.292. The lowest BCUT2D eigenvalue weighted by Gasteiger charge is -2.49. The van der Waals surface area contributed by atoms with Crippen LogP contribution in [0, 0.1) is 0 Å². The van der Waals surface area contributed by atoms with Gasteiger partial charge in [0.1, 0.15) is 17.7 Å². The zero-order valence-corrected chi connectivity index (χ0v) is 23.1. The Morgan fingerprint density at radius 1 is 0.781 bits per heavy atom. The van der Waals surface area contributed by atoms with Crippen LogP contribution in [0.2, 0.25) is 0 Å². The first-order valence-corrected chi connectivity index (χ1v) is 11.4. The van der Waals surface area contributed by atoms with Gasteiger partial charge in [-0.2, -0.15) is 0 Å². The maximum Gasteiger partial charge on any atom is 0.325 e. The highest BCUT2D eigenvalue weighted by atomic mass is 17.2. The van der Waals surface area contributed by atoms with Crippen molar-refractivity contribution in [1.29, 1.82) is 0 Å². The molecule has 0 aromatic heterocycles. The van der Waals surface area contributed by atoms with E-state index in [1.54, 1.807) is 0 Å². The molecule has 0 N–H and O–H groups in total. The molecule has 0 fully saturated rings. The molecule has 0 heterocycles. The number of hydrogen-bond acceptors (Lipinski definition) is 8. The Balaban J connectivity index is 0. The topological polar surface area (TPSA) is 77.5 Å². The number of nitrogens with zero attached hydrogens (tertiary/aromatic N) is 2. The predicted molar refractivity (Wildman–Crippen MR) is 128 cm³/mol. The van der Waals surface area contributed by atoms with E-state index in [0.717, 1.165) is 12.8 Å². The molecule has 8 heteroatoms. The van der Waals surface area contributed by atoms with Crippen LogP contribution >= 0.6 is 0 Å². The van der Waals surface area contributed by atoms with E-state index in [9.17, 15) is 9.59 Å². The summed E-state index contributed by atoms with van der Waals surface area (Å²) in [6.45, 7) is 20.3. The lowest BCUT2D eigenvalue weighted by Crippen LogP contribution is -2.64. The predicted octanol–water partition coefficient (Wildman–Crippen LogP) is 4.06. The minimum atomic E-state index is -0.731. The standard InChI is InChI=1S/C14H29NO4.C10H21NO2/c1-9-11(2)15(13(3,4)10-19-18-8)14(5,6)12(16)17-7;1-7-8(2)11(5)10(3,4)9(12)13-6/h11H,9-10H2,1-8H3;8H,7H2,1-6H3. The Hall–Kier alpha value is -1.22. The van der Waals surface area contributed by atoms with Gasteiger partial charge in [0.05, 0.1) is 21.3 Å². The summed E-state index contributed by atoms with van der Waals surface area (Å²) >= 11 is 0. The summed E-state index contributed by atoms with van der Waals surface area (Å²) in [6, 6.07) is 0.596. The first-order valence-electron chi connectivity index (χ1n) is 11.4. The molecule has 32 heavy (non-hydrogen) atoms. The third kappa shape index (κ3) is 8.96. The van der Waals surface area contributed by atoms with Crippen LogP contribution in [0.5, 0.6) is 0 Å². The Kier molecular flexibility index (Phi) is 14.6. The number of rotatable bonds is 12. The number of methoxy groups -OCH3 is 2. The first-order chi connectivity index (χ1) is 14.5. The van der Waals surface area contributed by atoms with Crippen LogP contribution in [0.3, 0.4) is 0 Å². The molecule has 0 saturated carbocycles. The van der Waals surface area contributed by atoms with Gasteiger partial charge in [-0.1, -0.05) is 13.8 Å². The minimum Gasteiger partial charge on any atom is -0.468 e. The van der Waals surface area contributed by atoms with Gasteiger partial charge >= 0.3 is 11.9 Å². The summed E-state index contributed by atoms with van der Waals surface area (Å²) in [5, 5.41) is 0. The average Bonchev–Trinajstić information content (AvgIpc) is 2.74. The number of carbonyl (C=O) groups excluding carboxylic acids is 2. The molecule has 0 aliphatic carbocycles. The van der Waals surface area contributed by atoms with Crippen LogP contribution in [0.15, 0.2) is 0 Å². The van der Waals surface area contributed by atoms with Crippen molar-refractivity contribution in [2.45, 2.75) is 111 Å². The van der Waals surface area contributed by atoms with E-state index in [1.165, 1.54) is 21.3 Å². The summed E-state index contributed by atoms with van der Waals surface area (Å²) in [5.74, 6) is -0.436. The molecule has 8 nitrogen and oxygen atoms in total. The maximum absolute atomic E-state index is 12.1. The van der Waals surface area contributed by atoms with Crippen molar-refractivity contribution < 1.29 is 28.8 Å². The fraction of sp³-hybridized carbons (Fsp3) is 0.917. The van der Waals surface area contributed by atoms with Crippen molar-refractivity contribution in [1.82, 2.24) is 9.80 Å². The highest BCUT2D eigenvalue weighted by molar-refractivity contribution is 5.80. The summed E-state index contributed by atoms with van der Waals surface area (Å²) in [4.78, 5) is 37.5. The Morgan fingerprint density at radius 3 is 1.53 bits per heavy atom. The van der Waals surface area contributed by atoms with Crippen molar-refractivity contribution in [3.8, 4) is 0 Å². The number of likely N-dealkylation sites (N-methyl/N-ethyl adjacent to an activating group) is 1. The molecule has 2 unspecified atom stereocenters. The zero-order chi connectivity index (χ0) is 25.9. The molecule has 2 atom stereocenters. The van der Waals surface area contributed by atoms with Gasteiger partial charge in [-0.3, -0.25) is 19.4 Å². The number of ether oxygens (including phenoxy) is 2.